The first-order chi connectivity index (χ1) is 31.6. The molecule has 2 heterocycles. The van der Waals surface area contributed by atoms with Crippen LogP contribution in [-0.4, -0.2) is 80.9 Å². The first kappa shape index (κ1) is 45.1. The number of phenolic OH excluding ortho intramolecular Hbond substituents is 3. The third-order valence-electron chi connectivity index (χ3n) is 9.91. The summed E-state index contributed by atoms with van der Waals surface area (Å²) in [5.74, 6) is 2.94. The standard InChI is InChI=1S/C29H31N3O6.C22H17N3O2/c1-3-19(33)16-37-21-10-12-23(25(35)14-21)28-30-27(18-8-6-5-7-9-18)31-29(32-28)24-13-11-22(15-26(24)36)38-17-20(34)4-2;1-15-12-13-18(19(26)14-15)21-23-20(16-8-4-2-5-9-16)24-22(25-21)27-17-10-6-3-7-11-17/h5-15,19-20,33-36H,3-4,16-17H2,1-2H3;2-14,26H,1H3. The molecule has 0 amide bonds. The molecule has 2 unspecified atom stereocenters. The van der Waals surface area contributed by atoms with Gasteiger partial charge in [-0.15, -0.1) is 0 Å². The summed E-state index contributed by atoms with van der Waals surface area (Å²) in [7, 11) is 0. The minimum absolute atomic E-state index is 0.105. The lowest BCUT2D eigenvalue weighted by molar-refractivity contribution is 0.104. The van der Waals surface area contributed by atoms with Crippen molar-refractivity contribution in [1.82, 2.24) is 29.9 Å². The molecule has 14 nitrogen and oxygen atoms in total. The summed E-state index contributed by atoms with van der Waals surface area (Å²) in [6.07, 6.45) is -0.0867. The smallest absolute Gasteiger partial charge is 0.326 e. The molecule has 2 aromatic heterocycles. The lowest BCUT2D eigenvalue weighted by Crippen LogP contribution is -2.15. The van der Waals surface area contributed by atoms with E-state index in [0.29, 0.717) is 64.3 Å². The van der Waals surface area contributed by atoms with Crippen LogP contribution in [0, 0.1) is 6.92 Å². The molecule has 0 aliphatic heterocycles. The van der Waals surface area contributed by atoms with E-state index in [1.807, 2.05) is 118 Å². The number of aromatic hydroxyl groups is 3. The number of aryl methyl sites for hydroxylation is 1. The molecule has 0 radical (unpaired) electrons. The maximum atomic E-state index is 10.8. The maximum absolute atomic E-state index is 10.8. The average molecular weight is 873 g/mol. The summed E-state index contributed by atoms with van der Waals surface area (Å²) in [5, 5.41) is 51.4. The number of nitrogens with zero attached hydrogens (tertiary/aromatic N) is 6. The van der Waals surface area contributed by atoms with E-state index in [1.54, 1.807) is 36.4 Å². The Morgan fingerprint density at radius 3 is 1.26 bits per heavy atom. The van der Waals surface area contributed by atoms with Gasteiger partial charge in [0.2, 0.25) is 0 Å². The second-order valence-electron chi connectivity index (χ2n) is 14.8. The highest BCUT2D eigenvalue weighted by Crippen LogP contribution is 2.36. The molecule has 2 atom stereocenters. The van der Waals surface area contributed by atoms with Crippen LogP contribution < -0.4 is 14.2 Å². The molecular formula is C51H48N6O8. The van der Waals surface area contributed by atoms with Crippen molar-refractivity contribution in [2.45, 2.75) is 45.8 Å². The van der Waals surface area contributed by atoms with Crippen LogP contribution in [0.2, 0.25) is 0 Å². The lowest BCUT2D eigenvalue weighted by Gasteiger charge is -2.13. The zero-order chi connectivity index (χ0) is 45.7. The van der Waals surface area contributed by atoms with Crippen molar-refractivity contribution in [3.05, 3.63) is 151 Å². The van der Waals surface area contributed by atoms with Gasteiger partial charge in [0.05, 0.1) is 28.9 Å². The molecule has 14 heteroatoms. The summed E-state index contributed by atoms with van der Waals surface area (Å²) >= 11 is 0. The van der Waals surface area contributed by atoms with E-state index in [4.69, 9.17) is 14.2 Å². The van der Waals surface area contributed by atoms with Gasteiger partial charge in [0.1, 0.15) is 47.7 Å². The van der Waals surface area contributed by atoms with Crippen molar-refractivity contribution >= 4 is 0 Å². The third kappa shape index (κ3) is 12.0. The van der Waals surface area contributed by atoms with E-state index in [9.17, 15) is 25.5 Å². The number of aromatic nitrogens is 6. The van der Waals surface area contributed by atoms with Gasteiger partial charge in [-0.1, -0.05) is 98.8 Å². The number of aliphatic hydroxyl groups is 2. The summed E-state index contributed by atoms with van der Waals surface area (Å²) in [6.45, 7) is 5.84. The number of rotatable bonds is 15. The van der Waals surface area contributed by atoms with Crippen LogP contribution in [0.4, 0.5) is 0 Å². The van der Waals surface area contributed by atoms with Crippen molar-refractivity contribution in [3.8, 4) is 97.4 Å². The van der Waals surface area contributed by atoms with Crippen molar-refractivity contribution in [3.63, 3.8) is 0 Å². The van der Waals surface area contributed by atoms with Crippen molar-refractivity contribution in [2.24, 2.45) is 0 Å². The predicted molar refractivity (Wildman–Crippen MR) is 247 cm³/mol. The van der Waals surface area contributed by atoms with Crippen molar-refractivity contribution in [2.75, 3.05) is 13.2 Å². The van der Waals surface area contributed by atoms with E-state index in [2.05, 4.69) is 29.9 Å². The van der Waals surface area contributed by atoms with E-state index in [-0.39, 0.29) is 48.1 Å². The topological polar surface area (TPSA) is 206 Å². The van der Waals surface area contributed by atoms with Crippen LogP contribution in [-0.2, 0) is 0 Å². The molecule has 65 heavy (non-hydrogen) atoms. The average Bonchev–Trinajstić information content (AvgIpc) is 3.33. The molecule has 330 valence electrons. The fourth-order valence-corrected chi connectivity index (χ4v) is 6.20. The van der Waals surface area contributed by atoms with Gasteiger partial charge in [-0.25, -0.2) is 19.9 Å². The Hall–Kier alpha value is -7.94. The van der Waals surface area contributed by atoms with Crippen molar-refractivity contribution < 1.29 is 39.7 Å². The number of ether oxygens (including phenoxy) is 3. The van der Waals surface area contributed by atoms with Crippen LogP contribution in [0.25, 0.3) is 56.9 Å². The van der Waals surface area contributed by atoms with Crippen LogP contribution in [0.5, 0.6) is 40.5 Å². The van der Waals surface area contributed by atoms with Crippen LogP contribution in [0.3, 0.4) is 0 Å². The number of para-hydroxylation sites is 1. The number of aliphatic hydroxyl groups excluding tert-OH is 2. The highest BCUT2D eigenvalue weighted by atomic mass is 16.5. The molecule has 0 aliphatic rings. The number of benzene rings is 6. The molecule has 6 aromatic carbocycles. The van der Waals surface area contributed by atoms with Crippen LogP contribution >= 0.6 is 0 Å². The Morgan fingerprint density at radius 2 is 0.815 bits per heavy atom. The van der Waals surface area contributed by atoms with E-state index in [0.717, 1.165) is 16.7 Å². The number of hydrogen-bond donors (Lipinski definition) is 5. The summed E-state index contributed by atoms with van der Waals surface area (Å²) in [4.78, 5) is 27.1. The lowest BCUT2D eigenvalue weighted by atomic mass is 10.1. The summed E-state index contributed by atoms with van der Waals surface area (Å²) in [6, 6.07) is 43.3. The fourth-order valence-electron chi connectivity index (χ4n) is 6.20. The fraction of sp³-hybridized carbons (Fsp3) is 0.176. The van der Waals surface area contributed by atoms with Gasteiger partial charge in [-0.05, 0) is 73.9 Å². The first-order valence-electron chi connectivity index (χ1n) is 21.0. The zero-order valence-electron chi connectivity index (χ0n) is 36.0. The Kier molecular flexibility index (Phi) is 14.9. The Bertz CT molecular complexity index is 2740. The van der Waals surface area contributed by atoms with Crippen LogP contribution in [0.15, 0.2) is 146 Å². The number of hydrogen-bond acceptors (Lipinski definition) is 14. The van der Waals surface area contributed by atoms with Crippen LogP contribution in [0.1, 0.15) is 32.3 Å². The monoisotopic (exact) mass is 872 g/mol. The molecule has 8 rings (SSSR count). The molecular weight excluding hydrogens is 825 g/mol. The van der Waals surface area contributed by atoms with Gasteiger partial charge < -0.3 is 39.7 Å². The highest BCUT2D eigenvalue weighted by Gasteiger charge is 2.19. The molecule has 0 saturated heterocycles. The molecule has 0 spiro atoms. The predicted octanol–water partition coefficient (Wildman–Crippen LogP) is 9.60. The summed E-state index contributed by atoms with van der Waals surface area (Å²) < 4.78 is 16.9. The van der Waals surface area contributed by atoms with E-state index in [1.165, 1.54) is 12.1 Å². The normalized spacial score (nSPS) is 11.8. The SMILES string of the molecule is CCC(O)COc1ccc(-c2nc(-c3ccccc3)nc(-c3ccc(OCC(O)CC)cc3O)n2)c(O)c1.Cc1ccc(-c2nc(Oc3ccccc3)nc(-c3ccccc3)n2)c(O)c1. The molecule has 0 saturated carbocycles. The summed E-state index contributed by atoms with van der Waals surface area (Å²) in [5.41, 5.74) is 3.75. The molecule has 0 bridgehead atoms. The quantitative estimate of drug-likeness (QED) is 0.0651. The maximum Gasteiger partial charge on any atom is 0.326 e. The van der Waals surface area contributed by atoms with Crippen molar-refractivity contribution in [1.29, 1.82) is 0 Å². The minimum atomic E-state index is -0.600. The largest absolute Gasteiger partial charge is 0.507 e. The van der Waals surface area contributed by atoms with Gasteiger partial charge >= 0.3 is 6.01 Å². The molecule has 8 aromatic rings. The number of phenols is 3. The second-order valence-corrected chi connectivity index (χ2v) is 14.8. The first-order valence-corrected chi connectivity index (χ1v) is 21.0. The zero-order valence-corrected chi connectivity index (χ0v) is 36.0. The highest BCUT2D eigenvalue weighted by molar-refractivity contribution is 5.73. The second kappa shape index (κ2) is 21.4. The van der Waals surface area contributed by atoms with E-state index < -0.39 is 12.2 Å². The molecule has 5 N–H and O–H groups in total. The van der Waals surface area contributed by atoms with Gasteiger partial charge in [0, 0.05) is 23.3 Å². The Morgan fingerprint density at radius 1 is 0.431 bits per heavy atom. The Labute approximate surface area is 376 Å². The molecule has 0 fully saturated rings. The van der Waals surface area contributed by atoms with Gasteiger partial charge in [0.15, 0.2) is 29.1 Å². The van der Waals surface area contributed by atoms with E-state index >= 15 is 0 Å². The van der Waals surface area contributed by atoms with Gasteiger partial charge in [-0.2, -0.15) is 9.97 Å². The Balaban J connectivity index is 0.000000205. The van der Waals surface area contributed by atoms with Gasteiger partial charge in [0.25, 0.3) is 0 Å². The minimum Gasteiger partial charge on any atom is -0.507 e. The van der Waals surface area contributed by atoms with Gasteiger partial charge in [-0.3, -0.25) is 0 Å². The third-order valence-corrected chi connectivity index (χ3v) is 9.91. The molecule has 0 aliphatic carbocycles.